The highest BCUT2D eigenvalue weighted by Gasteiger charge is 2.23. The molecule has 0 bridgehead atoms. The Morgan fingerprint density at radius 3 is 2.31 bits per heavy atom. The van der Waals surface area contributed by atoms with E-state index in [1.54, 1.807) is 12.1 Å². The summed E-state index contributed by atoms with van der Waals surface area (Å²) in [5, 5.41) is 0. The summed E-state index contributed by atoms with van der Waals surface area (Å²) >= 11 is 0. The Kier molecular flexibility index (Phi) is 3.31. The standard InChI is InChI=1S/C9H10F3N/c10-8(9(11)12)7-4-2-1-3-6(7)5-13/h1-4,8-9H,5,13H2. The fraction of sp³-hybridized carbons (Fsp3) is 0.333. The number of nitrogens with two attached hydrogens (primary N) is 1. The Balaban J connectivity index is 2.98. The fourth-order valence-electron chi connectivity index (χ4n) is 1.12. The van der Waals surface area contributed by atoms with Crippen molar-refractivity contribution in [1.29, 1.82) is 0 Å². The molecule has 13 heavy (non-hydrogen) atoms. The molecule has 2 N–H and O–H groups in total. The Morgan fingerprint density at radius 2 is 1.77 bits per heavy atom. The van der Waals surface area contributed by atoms with Crippen molar-refractivity contribution >= 4 is 0 Å². The van der Waals surface area contributed by atoms with Gasteiger partial charge in [-0.3, -0.25) is 0 Å². The van der Waals surface area contributed by atoms with Crippen LogP contribution < -0.4 is 5.73 Å². The first kappa shape index (κ1) is 10.1. The maximum Gasteiger partial charge on any atom is 0.273 e. The quantitative estimate of drug-likeness (QED) is 0.776. The van der Waals surface area contributed by atoms with Crippen molar-refractivity contribution in [2.24, 2.45) is 5.73 Å². The molecule has 1 aromatic carbocycles. The molecule has 0 heterocycles. The normalized spacial score (nSPS) is 13.3. The fourth-order valence-corrected chi connectivity index (χ4v) is 1.12. The van der Waals surface area contributed by atoms with E-state index in [9.17, 15) is 13.2 Å². The smallest absolute Gasteiger partial charge is 0.273 e. The second-order valence-corrected chi connectivity index (χ2v) is 2.64. The molecule has 1 unspecified atom stereocenters. The molecule has 0 aliphatic heterocycles. The van der Waals surface area contributed by atoms with Gasteiger partial charge >= 0.3 is 0 Å². The van der Waals surface area contributed by atoms with Gasteiger partial charge in [0, 0.05) is 6.54 Å². The summed E-state index contributed by atoms with van der Waals surface area (Å²) in [6.45, 7) is 0.0727. The molecule has 0 aromatic heterocycles. The number of rotatable bonds is 3. The summed E-state index contributed by atoms with van der Waals surface area (Å²) in [4.78, 5) is 0. The van der Waals surface area contributed by atoms with Crippen molar-refractivity contribution in [3.63, 3.8) is 0 Å². The highest BCUT2D eigenvalue weighted by molar-refractivity contribution is 5.29. The van der Waals surface area contributed by atoms with Gasteiger partial charge in [0.15, 0.2) is 6.17 Å². The molecule has 1 nitrogen and oxygen atoms in total. The van der Waals surface area contributed by atoms with Crippen LogP contribution in [0.3, 0.4) is 0 Å². The first-order chi connectivity index (χ1) is 6.16. The summed E-state index contributed by atoms with van der Waals surface area (Å²) in [7, 11) is 0. The minimum Gasteiger partial charge on any atom is -0.326 e. The Bertz CT molecular complexity index is 275. The molecule has 0 spiro atoms. The van der Waals surface area contributed by atoms with Gasteiger partial charge in [0.05, 0.1) is 0 Å². The molecule has 1 atom stereocenters. The minimum absolute atomic E-state index is 0.0139. The minimum atomic E-state index is -2.99. The van der Waals surface area contributed by atoms with E-state index in [-0.39, 0.29) is 12.1 Å². The monoisotopic (exact) mass is 189 g/mol. The van der Waals surface area contributed by atoms with E-state index in [2.05, 4.69) is 0 Å². The number of halogens is 3. The van der Waals surface area contributed by atoms with Crippen LogP contribution in [-0.2, 0) is 6.54 Å². The molecule has 0 saturated carbocycles. The maximum absolute atomic E-state index is 12.9. The molecule has 4 heteroatoms. The summed E-state index contributed by atoms with van der Waals surface area (Å²) < 4.78 is 36.9. The van der Waals surface area contributed by atoms with Crippen LogP contribution in [0.2, 0.25) is 0 Å². The van der Waals surface area contributed by atoms with Gasteiger partial charge in [-0.2, -0.15) is 0 Å². The van der Waals surface area contributed by atoms with Crippen molar-refractivity contribution in [1.82, 2.24) is 0 Å². The number of benzene rings is 1. The SMILES string of the molecule is NCc1ccccc1C(F)C(F)F. The molecule has 0 fully saturated rings. The molecule has 1 aromatic rings. The van der Waals surface area contributed by atoms with Crippen molar-refractivity contribution < 1.29 is 13.2 Å². The van der Waals surface area contributed by atoms with Crippen LogP contribution in [0.15, 0.2) is 24.3 Å². The zero-order valence-corrected chi connectivity index (χ0v) is 6.88. The van der Waals surface area contributed by atoms with Crippen molar-refractivity contribution in [3.05, 3.63) is 35.4 Å². The Hall–Kier alpha value is -1.03. The van der Waals surface area contributed by atoms with Gasteiger partial charge in [-0.05, 0) is 11.1 Å². The van der Waals surface area contributed by atoms with E-state index in [0.29, 0.717) is 5.56 Å². The number of hydrogen-bond donors (Lipinski definition) is 1. The van der Waals surface area contributed by atoms with Crippen LogP contribution in [0.25, 0.3) is 0 Å². The summed E-state index contributed by atoms with van der Waals surface area (Å²) in [6, 6.07) is 6.04. The molecule has 0 aliphatic carbocycles. The molecule has 0 aliphatic rings. The third kappa shape index (κ3) is 2.21. The zero-order chi connectivity index (χ0) is 9.84. The van der Waals surface area contributed by atoms with Crippen LogP contribution in [0.5, 0.6) is 0 Å². The van der Waals surface area contributed by atoms with Crippen molar-refractivity contribution in [2.45, 2.75) is 19.1 Å². The van der Waals surface area contributed by atoms with E-state index in [1.165, 1.54) is 12.1 Å². The summed E-state index contributed by atoms with van der Waals surface area (Å²) in [5.74, 6) is 0. The molecule has 1 rings (SSSR count). The van der Waals surface area contributed by atoms with Crippen LogP contribution >= 0.6 is 0 Å². The number of hydrogen-bond acceptors (Lipinski definition) is 1. The van der Waals surface area contributed by atoms with E-state index >= 15 is 0 Å². The van der Waals surface area contributed by atoms with Gasteiger partial charge in [-0.15, -0.1) is 0 Å². The van der Waals surface area contributed by atoms with E-state index in [4.69, 9.17) is 5.73 Å². The second-order valence-electron chi connectivity index (χ2n) is 2.64. The van der Waals surface area contributed by atoms with Crippen LogP contribution in [0.4, 0.5) is 13.2 Å². The summed E-state index contributed by atoms with van der Waals surface area (Å²) in [5.41, 5.74) is 5.69. The van der Waals surface area contributed by atoms with Crippen LogP contribution in [0.1, 0.15) is 17.3 Å². The van der Waals surface area contributed by atoms with Gasteiger partial charge in [-0.1, -0.05) is 24.3 Å². The molecular weight excluding hydrogens is 179 g/mol. The zero-order valence-electron chi connectivity index (χ0n) is 6.88. The maximum atomic E-state index is 12.9. The Labute approximate surface area is 74.4 Å². The largest absolute Gasteiger partial charge is 0.326 e. The molecule has 0 radical (unpaired) electrons. The van der Waals surface area contributed by atoms with Gasteiger partial charge < -0.3 is 5.73 Å². The number of alkyl halides is 3. The third-order valence-electron chi connectivity index (χ3n) is 1.79. The Morgan fingerprint density at radius 1 is 1.15 bits per heavy atom. The van der Waals surface area contributed by atoms with E-state index in [0.717, 1.165) is 0 Å². The van der Waals surface area contributed by atoms with Gasteiger partial charge in [0.2, 0.25) is 0 Å². The van der Waals surface area contributed by atoms with Crippen molar-refractivity contribution in [3.8, 4) is 0 Å². The lowest BCUT2D eigenvalue weighted by Gasteiger charge is -2.11. The average molecular weight is 189 g/mol. The van der Waals surface area contributed by atoms with Gasteiger partial charge in [-0.25, -0.2) is 13.2 Å². The molecule has 0 amide bonds. The average Bonchev–Trinajstić information content (AvgIpc) is 2.16. The van der Waals surface area contributed by atoms with E-state index in [1.807, 2.05) is 0 Å². The first-order valence-corrected chi connectivity index (χ1v) is 3.87. The predicted octanol–water partition coefficient (Wildman–Crippen LogP) is 2.42. The highest BCUT2D eigenvalue weighted by atomic mass is 19.3. The van der Waals surface area contributed by atoms with Gasteiger partial charge in [0.25, 0.3) is 6.43 Å². The lowest BCUT2D eigenvalue weighted by Crippen LogP contribution is -2.08. The molecule has 72 valence electrons. The third-order valence-corrected chi connectivity index (χ3v) is 1.79. The lowest BCUT2D eigenvalue weighted by atomic mass is 10.0. The summed E-state index contributed by atoms with van der Waals surface area (Å²) in [6.07, 6.45) is -5.23. The van der Waals surface area contributed by atoms with Crippen molar-refractivity contribution in [2.75, 3.05) is 0 Å². The topological polar surface area (TPSA) is 26.0 Å². The van der Waals surface area contributed by atoms with E-state index < -0.39 is 12.6 Å². The molecular formula is C9H10F3N. The highest BCUT2D eigenvalue weighted by Crippen LogP contribution is 2.27. The lowest BCUT2D eigenvalue weighted by molar-refractivity contribution is 0.0491. The molecule has 0 saturated heterocycles. The van der Waals surface area contributed by atoms with Crippen LogP contribution in [-0.4, -0.2) is 6.43 Å². The second kappa shape index (κ2) is 4.28. The first-order valence-electron chi connectivity index (χ1n) is 3.87. The van der Waals surface area contributed by atoms with Gasteiger partial charge in [0.1, 0.15) is 0 Å². The predicted molar refractivity (Wildman–Crippen MR) is 44.2 cm³/mol. The van der Waals surface area contributed by atoms with Crippen LogP contribution in [0, 0.1) is 0 Å².